The maximum absolute atomic E-state index is 9.82. The van der Waals surface area contributed by atoms with Crippen LogP contribution in [0.25, 0.3) is 22.4 Å². The molecule has 0 unspecified atom stereocenters. The summed E-state index contributed by atoms with van der Waals surface area (Å²) in [7, 11) is 0. The third-order valence-electron chi connectivity index (χ3n) is 6.38. The minimum atomic E-state index is -0.190. The molecule has 3 aromatic heterocycles. The molecule has 4 aromatic rings. The largest absolute Gasteiger partial charge is 0.393 e. The summed E-state index contributed by atoms with van der Waals surface area (Å²) in [4.78, 5) is 18.6. The van der Waals surface area contributed by atoms with Gasteiger partial charge in [0, 0.05) is 30.4 Å². The number of aromatic nitrogens is 5. The van der Waals surface area contributed by atoms with E-state index in [1.165, 1.54) is 0 Å². The molecule has 1 aliphatic rings. The Morgan fingerprint density at radius 1 is 1.00 bits per heavy atom. The Kier molecular flexibility index (Phi) is 6.40. The van der Waals surface area contributed by atoms with Crippen LogP contribution < -0.4 is 10.6 Å². The zero-order valence-corrected chi connectivity index (χ0v) is 19.6. The molecular formula is C26H31N7O. The van der Waals surface area contributed by atoms with Gasteiger partial charge in [-0.2, -0.15) is 9.97 Å². The second kappa shape index (κ2) is 9.77. The standard InChI is InChI=1S/C26H31N7O/c1-17(2)33-16-29-23-24(31-26(32-25(23)33)30-20-10-12-21(34)13-11-20)28-15-18-6-8-19(9-7-18)22-5-3-4-14-27-22/h3-9,14,16-17,20-21,34H,10-13,15H2,1-2H3,(H2,28,30,31,32). The van der Waals surface area contributed by atoms with Crippen LogP contribution in [-0.4, -0.2) is 41.8 Å². The molecule has 1 aromatic carbocycles. The van der Waals surface area contributed by atoms with Gasteiger partial charge in [0.15, 0.2) is 17.0 Å². The second-order valence-corrected chi connectivity index (χ2v) is 9.23. The highest BCUT2D eigenvalue weighted by atomic mass is 16.3. The molecule has 0 bridgehead atoms. The quantitative estimate of drug-likeness (QED) is 0.367. The summed E-state index contributed by atoms with van der Waals surface area (Å²) in [5, 5.41) is 16.8. The summed E-state index contributed by atoms with van der Waals surface area (Å²) < 4.78 is 2.07. The Morgan fingerprint density at radius 3 is 2.50 bits per heavy atom. The number of anilines is 2. The van der Waals surface area contributed by atoms with Crippen LogP contribution in [0.2, 0.25) is 0 Å². The van der Waals surface area contributed by atoms with Gasteiger partial charge >= 0.3 is 0 Å². The maximum Gasteiger partial charge on any atom is 0.227 e. The molecule has 34 heavy (non-hydrogen) atoms. The number of imidazole rings is 1. The van der Waals surface area contributed by atoms with E-state index in [0.29, 0.717) is 12.5 Å². The Balaban J connectivity index is 1.37. The number of nitrogens with one attached hydrogen (secondary N) is 2. The first-order valence-corrected chi connectivity index (χ1v) is 12.0. The highest BCUT2D eigenvalue weighted by molar-refractivity contribution is 5.84. The first-order valence-electron chi connectivity index (χ1n) is 12.0. The molecular weight excluding hydrogens is 426 g/mol. The Morgan fingerprint density at radius 2 is 1.79 bits per heavy atom. The molecule has 1 aliphatic carbocycles. The van der Waals surface area contributed by atoms with Crippen molar-refractivity contribution in [3.8, 4) is 11.3 Å². The van der Waals surface area contributed by atoms with E-state index in [9.17, 15) is 5.11 Å². The van der Waals surface area contributed by atoms with E-state index >= 15 is 0 Å². The number of hydrogen-bond acceptors (Lipinski definition) is 7. The van der Waals surface area contributed by atoms with Crippen LogP contribution in [-0.2, 0) is 6.54 Å². The molecule has 0 aliphatic heterocycles. The molecule has 0 atom stereocenters. The number of fused-ring (bicyclic) bond motifs is 1. The van der Waals surface area contributed by atoms with Gasteiger partial charge in [-0.3, -0.25) is 4.98 Å². The summed E-state index contributed by atoms with van der Waals surface area (Å²) in [6.45, 7) is 4.86. The van der Waals surface area contributed by atoms with Gasteiger partial charge in [-0.05, 0) is 57.2 Å². The number of hydrogen-bond donors (Lipinski definition) is 3. The molecule has 8 heteroatoms. The van der Waals surface area contributed by atoms with E-state index in [1.807, 2.05) is 30.7 Å². The van der Waals surface area contributed by atoms with Crippen molar-refractivity contribution in [2.24, 2.45) is 0 Å². The Hall–Kier alpha value is -3.52. The monoisotopic (exact) mass is 457 g/mol. The molecule has 176 valence electrons. The molecule has 0 radical (unpaired) electrons. The smallest absolute Gasteiger partial charge is 0.227 e. The number of benzene rings is 1. The van der Waals surface area contributed by atoms with Crippen LogP contribution in [0, 0.1) is 0 Å². The lowest BCUT2D eigenvalue weighted by atomic mass is 9.93. The van der Waals surface area contributed by atoms with Crippen molar-refractivity contribution in [3.05, 3.63) is 60.6 Å². The highest BCUT2D eigenvalue weighted by Gasteiger charge is 2.21. The fraction of sp³-hybridized carbons (Fsp3) is 0.385. The molecule has 0 amide bonds. The molecule has 8 nitrogen and oxygen atoms in total. The average molecular weight is 458 g/mol. The topological polar surface area (TPSA) is 101 Å². The van der Waals surface area contributed by atoms with Crippen LogP contribution in [0.1, 0.15) is 51.1 Å². The fourth-order valence-corrected chi connectivity index (χ4v) is 4.40. The lowest BCUT2D eigenvalue weighted by Crippen LogP contribution is -2.29. The minimum Gasteiger partial charge on any atom is -0.393 e. The lowest BCUT2D eigenvalue weighted by Gasteiger charge is -2.26. The zero-order valence-electron chi connectivity index (χ0n) is 19.6. The molecule has 5 rings (SSSR count). The molecule has 3 heterocycles. The van der Waals surface area contributed by atoms with Gasteiger partial charge in [0.2, 0.25) is 5.95 Å². The second-order valence-electron chi connectivity index (χ2n) is 9.23. The van der Waals surface area contributed by atoms with Gasteiger partial charge in [-0.25, -0.2) is 4.98 Å². The number of nitrogens with zero attached hydrogens (tertiary/aromatic N) is 5. The first-order chi connectivity index (χ1) is 16.6. The van der Waals surface area contributed by atoms with Crippen LogP contribution in [0.3, 0.4) is 0 Å². The van der Waals surface area contributed by atoms with Crippen molar-refractivity contribution in [1.29, 1.82) is 0 Å². The number of pyridine rings is 1. The van der Waals surface area contributed by atoms with E-state index in [4.69, 9.17) is 9.97 Å². The lowest BCUT2D eigenvalue weighted by molar-refractivity contribution is 0.126. The van der Waals surface area contributed by atoms with E-state index in [1.54, 1.807) is 0 Å². The third-order valence-corrected chi connectivity index (χ3v) is 6.38. The summed E-state index contributed by atoms with van der Waals surface area (Å²) in [6.07, 6.45) is 6.90. The van der Waals surface area contributed by atoms with Gasteiger partial charge in [-0.15, -0.1) is 0 Å². The summed E-state index contributed by atoms with van der Waals surface area (Å²) >= 11 is 0. The summed E-state index contributed by atoms with van der Waals surface area (Å²) in [6, 6.07) is 14.8. The van der Waals surface area contributed by atoms with Gasteiger partial charge in [-0.1, -0.05) is 30.3 Å². The highest BCUT2D eigenvalue weighted by Crippen LogP contribution is 2.26. The summed E-state index contributed by atoms with van der Waals surface area (Å²) in [5.74, 6) is 1.32. The van der Waals surface area contributed by atoms with Crippen molar-refractivity contribution >= 4 is 22.9 Å². The van der Waals surface area contributed by atoms with Gasteiger partial charge in [0.25, 0.3) is 0 Å². The Bertz CT molecular complexity index is 1230. The van der Waals surface area contributed by atoms with E-state index in [0.717, 1.165) is 59.5 Å². The van der Waals surface area contributed by atoms with Crippen molar-refractivity contribution < 1.29 is 5.11 Å². The van der Waals surface area contributed by atoms with E-state index in [2.05, 4.69) is 63.3 Å². The van der Waals surface area contributed by atoms with Gasteiger partial charge in [0.05, 0.1) is 18.1 Å². The van der Waals surface area contributed by atoms with Crippen molar-refractivity contribution in [1.82, 2.24) is 24.5 Å². The maximum atomic E-state index is 9.82. The molecule has 3 N–H and O–H groups in total. The van der Waals surface area contributed by atoms with Crippen LogP contribution >= 0.6 is 0 Å². The molecule has 0 saturated heterocycles. The van der Waals surface area contributed by atoms with Crippen molar-refractivity contribution in [2.45, 2.75) is 64.3 Å². The average Bonchev–Trinajstić information content (AvgIpc) is 3.29. The van der Waals surface area contributed by atoms with Gasteiger partial charge < -0.3 is 20.3 Å². The van der Waals surface area contributed by atoms with E-state index < -0.39 is 0 Å². The predicted octanol–water partition coefficient (Wildman–Crippen LogP) is 4.80. The normalized spacial score (nSPS) is 18.4. The van der Waals surface area contributed by atoms with E-state index in [-0.39, 0.29) is 18.2 Å². The van der Waals surface area contributed by atoms with Crippen molar-refractivity contribution in [2.75, 3.05) is 10.6 Å². The number of rotatable bonds is 7. The minimum absolute atomic E-state index is 0.190. The van der Waals surface area contributed by atoms with Gasteiger partial charge in [0.1, 0.15) is 0 Å². The zero-order chi connectivity index (χ0) is 23.5. The van der Waals surface area contributed by atoms with Crippen LogP contribution in [0.5, 0.6) is 0 Å². The summed E-state index contributed by atoms with van der Waals surface area (Å²) in [5.41, 5.74) is 4.78. The molecule has 0 spiro atoms. The molecule has 1 saturated carbocycles. The third kappa shape index (κ3) is 4.87. The SMILES string of the molecule is CC(C)n1cnc2c(NCc3ccc(-c4ccccn4)cc3)nc(NC3CCC(O)CC3)nc21. The van der Waals surface area contributed by atoms with Crippen LogP contribution in [0.4, 0.5) is 11.8 Å². The number of aliphatic hydroxyl groups is 1. The predicted molar refractivity (Wildman–Crippen MR) is 135 cm³/mol. The first kappa shape index (κ1) is 22.3. The Labute approximate surface area is 199 Å². The van der Waals surface area contributed by atoms with Crippen LogP contribution in [0.15, 0.2) is 55.0 Å². The van der Waals surface area contributed by atoms with Crippen molar-refractivity contribution in [3.63, 3.8) is 0 Å². The molecule has 1 fully saturated rings. The number of aliphatic hydroxyl groups excluding tert-OH is 1. The fourth-order valence-electron chi connectivity index (χ4n) is 4.40.